The summed E-state index contributed by atoms with van der Waals surface area (Å²) in [5.41, 5.74) is 0.399. The molecule has 0 saturated carbocycles. The van der Waals surface area contributed by atoms with E-state index in [4.69, 9.17) is 9.47 Å². The van der Waals surface area contributed by atoms with Gasteiger partial charge >= 0.3 is 5.97 Å². The maximum Gasteiger partial charge on any atom is 0.335 e. The first-order chi connectivity index (χ1) is 8.95. The Balaban J connectivity index is 2.24. The minimum Gasteiger partial charge on any atom is -0.487 e. The molecular weight excluding hydrogens is 244 g/mol. The molecule has 0 fully saturated rings. The molecule has 0 aromatic heterocycles. The Morgan fingerprint density at radius 3 is 2.89 bits per heavy atom. The Hall–Kier alpha value is -1.55. The topological polar surface area (TPSA) is 55.8 Å². The number of benzene rings is 1. The molecule has 19 heavy (non-hydrogen) atoms. The molecule has 2 rings (SSSR count). The average molecular weight is 264 g/mol. The van der Waals surface area contributed by atoms with Crippen LogP contribution in [-0.2, 0) is 16.0 Å². The molecule has 104 valence electrons. The second-order valence-electron chi connectivity index (χ2n) is 5.32. The van der Waals surface area contributed by atoms with Crippen molar-refractivity contribution in [3.63, 3.8) is 0 Å². The molecule has 1 aromatic rings. The first kappa shape index (κ1) is 13.9. The van der Waals surface area contributed by atoms with Crippen LogP contribution in [0.4, 0.5) is 0 Å². The average Bonchev–Trinajstić information content (AvgIpc) is 2.36. The third-order valence-electron chi connectivity index (χ3n) is 3.59. The zero-order valence-corrected chi connectivity index (χ0v) is 11.6. The highest BCUT2D eigenvalue weighted by Gasteiger charge is 2.44. The molecule has 1 heterocycles. The Kier molecular flexibility index (Phi) is 3.80. The van der Waals surface area contributed by atoms with Crippen molar-refractivity contribution in [2.75, 3.05) is 6.61 Å². The van der Waals surface area contributed by atoms with Gasteiger partial charge in [0.15, 0.2) is 6.10 Å². The van der Waals surface area contributed by atoms with Crippen LogP contribution in [0, 0.1) is 5.92 Å². The van der Waals surface area contributed by atoms with Gasteiger partial charge in [0.25, 0.3) is 0 Å². The van der Waals surface area contributed by atoms with Crippen LogP contribution in [0.25, 0.3) is 0 Å². The van der Waals surface area contributed by atoms with Gasteiger partial charge < -0.3 is 14.6 Å². The highest BCUT2D eigenvalue weighted by atomic mass is 16.5. The first-order valence-corrected chi connectivity index (χ1v) is 6.57. The summed E-state index contributed by atoms with van der Waals surface area (Å²) in [5, 5.41) is 10.2. The molecule has 0 saturated heterocycles. The molecule has 0 spiro atoms. The van der Waals surface area contributed by atoms with Crippen LogP contribution in [0.1, 0.15) is 26.3 Å². The number of carbonyl (C=O) groups excluding carboxylic acids is 1. The third-order valence-corrected chi connectivity index (χ3v) is 3.59. The summed E-state index contributed by atoms with van der Waals surface area (Å²) in [6.45, 7) is 5.76. The quantitative estimate of drug-likeness (QED) is 0.848. The van der Waals surface area contributed by atoms with Gasteiger partial charge in [-0.1, -0.05) is 18.2 Å². The zero-order chi connectivity index (χ0) is 14.0. The van der Waals surface area contributed by atoms with E-state index in [1.165, 1.54) is 0 Å². The molecule has 4 nitrogen and oxygen atoms in total. The van der Waals surface area contributed by atoms with Crippen LogP contribution in [0.15, 0.2) is 24.3 Å². The standard InChI is InChI=1S/C15H20O4/c1-4-18-14(17)13(16)11-9-10-7-5-6-8-12(10)19-15(11,2)3/h5-8,11,13,16H,4,9H2,1-3H3. The molecule has 0 radical (unpaired) electrons. The van der Waals surface area contributed by atoms with E-state index in [9.17, 15) is 9.90 Å². The highest BCUT2D eigenvalue weighted by molar-refractivity contribution is 5.75. The van der Waals surface area contributed by atoms with Gasteiger partial charge in [-0.05, 0) is 38.8 Å². The lowest BCUT2D eigenvalue weighted by molar-refractivity contribution is -0.161. The minimum atomic E-state index is -1.16. The van der Waals surface area contributed by atoms with Crippen LogP contribution >= 0.6 is 0 Å². The number of aliphatic hydroxyl groups excluding tert-OH is 1. The van der Waals surface area contributed by atoms with E-state index in [2.05, 4.69) is 0 Å². The van der Waals surface area contributed by atoms with E-state index < -0.39 is 17.7 Å². The third kappa shape index (κ3) is 2.73. The second kappa shape index (κ2) is 5.21. The lowest BCUT2D eigenvalue weighted by Crippen LogP contribution is -2.50. The molecule has 0 amide bonds. The largest absolute Gasteiger partial charge is 0.487 e. The maximum atomic E-state index is 11.7. The molecule has 0 bridgehead atoms. The van der Waals surface area contributed by atoms with Gasteiger partial charge in [0.1, 0.15) is 11.4 Å². The van der Waals surface area contributed by atoms with Crippen LogP contribution in [0.5, 0.6) is 5.75 Å². The highest BCUT2D eigenvalue weighted by Crippen LogP contribution is 2.38. The van der Waals surface area contributed by atoms with Crippen molar-refractivity contribution in [2.24, 2.45) is 5.92 Å². The summed E-state index contributed by atoms with van der Waals surface area (Å²) in [4.78, 5) is 11.7. The predicted octanol–water partition coefficient (Wildman–Crippen LogP) is 1.94. The van der Waals surface area contributed by atoms with Crippen molar-refractivity contribution in [2.45, 2.75) is 38.9 Å². The Morgan fingerprint density at radius 1 is 1.53 bits per heavy atom. The van der Waals surface area contributed by atoms with E-state index in [0.29, 0.717) is 6.42 Å². The van der Waals surface area contributed by atoms with E-state index in [1.807, 2.05) is 38.1 Å². The molecule has 4 heteroatoms. The summed E-state index contributed by atoms with van der Waals surface area (Å²) < 4.78 is 10.8. The lowest BCUT2D eigenvalue weighted by Gasteiger charge is -2.41. The lowest BCUT2D eigenvalue weighted by atomic mass is 9.79. The molecule has 2 atom stereocenters. The van der Waals surface area contributed by atoms with Crippen molar-refractivity contribution in [3.05, 3.63) is 29.8 Å². The molecule has 1 aliphatic rings. The first-order valence-electron chi connectivity index (χ1n) is 6.57. The number of carbonyl (C=O) groups is 1. The molecular formula is C15H20O4. The number of ether oxygens (including phenoxy) is 2. The van der Waals surface area contributed by atoms with Crippen molar-refractivity contribution in [1.82, 2.24) is 0 Å². The number of fused-ring (bicyclic) bond motifs is 1. The van der Waals surface area contributed by atoms with Crippen LogP contribution in [-0.4, -0.2) is 29.4 Å². The molecule has 2 unspecified atom stereocenters. The predicted molar refractivity (Wildman–Crippen MR) is 71.0 cm³/mol. The number of hydrogen-bond acceptors (Lipinski definition) is 4. The summed E-state index contributed by atoms with van der Waals surface area (Å²) in [5.74, 6) is -0.0789. The number of para-hydroxylation sites is 1. The Bertz CT molecular complexity index is 467. The smallest absolute Gasteiger partial charge is 0.335 e. The fourth-order valence-corrected chi connectivity index (χ4v) is 2.50. The van der Waals surface area contributed by atoms with Crippen molar-refractivity contribution >= 4 is 5.97 Å². The van der Waals surface area contributed by atoms with Gasteiger partial charge in [-0.3, -0.25) is 0 Å². The van der Waals surface area contributed by atoms with E-state index in [-0.39, 0.29) is 12.5 Å². The number of aliphatic hydroxyl groups is 1. The normalized spacial score (nSPS) is 22.0. The molecule has 1 aliphatic heterocycles. The Labute approximate surface area is 113 Å². The van der Waals surface area contributed by atoms with Gasteiger partial charge in [-0.25, -0.2) is 4.79 Å². The van der Waals surface area contributed by atoms with Crippen molar-refractivity contribution in [1.29, 1.82) is 0 Å². The minimum absolute atomic E-state index is 0.264. The fraction of sp³-hybridized carbons (Fsp3) is 0.533. The molecule has 0 aliphatic carbocycles. The zero-order valence-electron chi connectivity index (χ0n) is 11.6. The maximum absolute atomic E-state index is 11.7. The fourth-order valence-electron chi connectivity index (χ4n) is 2.50. The molecule has 1 aromatic carbocycles. The SMILES string of the molecule is CCOC(=O)C(O)C1Cc2ccccc2OC1(C)C. The van der Waals surface area contributed by atoms with Crippen molar-refractivity contribution < 1.29 is 19.4 Å². The van der Waals surface area contributed by atoms with Gasteiger partial charge in [-0.15, -0.1) is 0 Å². The van der Waals surface area contributed by atoms with Gasteiger partial charge in [0.2, 0.25) is 0 Å². The van der Waals surface area contributed by atoms with Crippen molar-refractivity contribution in [3.8, 4) is 5.75 Å². The number of rotatable bonds is 3. The summed E-state index contributed by atoms with van der Waals surface area (Å²) in [7, 11) is 0. The second-order valence-corrected chi connectivity index (χ2v) is 5.32. The summed E-state index contributed by atoms with van der Waals surface area (Å²) in [6.07, 6.45) is -0.563. The number of esters is 1. The number of hydrogen-bond donors (Lipinski definition) is 1. The van der Waals surface area contributed by atoms with Gasteiger partial charge in [0, 0.05) is 5.92 Å². The van der Waals surface area contributed by atoms with Crippen LogP contribution in [0.3, 0.4) is 0 Å². The van der Waals surface area contributed by atoms with Crippen LogP contribution in [0.2, 0.25) is 0 Å². The Morgan fingerprint density at radius 2 is 2.21 bits per heavy atom. The van der Waals surface area contributed by atoms with E-state index in [0.717, 1.165) is 11.3 Å². The van der Waals surface area contributed by atoms with Crippen LogP contribution < -0.4 is 4.74 Å². The van der Waals surface area contributed by atoms with E-state index in [1.54, 1.807) is 6.92 Å². The van der Waals surface area contributed by atoms with Gasteiger partial charge in [-0.2, -0.15) is 0 Å². The monoisotopic (exact) mass is 264 g/mol. The summed E-state index contributed by atoms with van der Waals surface area (Å²) >= 11 is 0. The molecule has 1 N–H and O–H groups in total. The van der Waals surface area contributed by atoms with E-state index >= 15 is 0 Å². The van der Waals surface area contributed by atoms with Gasteiger partial charge in [0.05, 0.1) is 6.61 Å². The summed E-state index contributed by atoms with van der Waals surface area (Å²) in [6, 6.07) is 7.70.